The Balaban J connectivity index is 1.41. The minimum Gasteiger partial charge on any atom is -0.401 e. The predicted octanol–water partition coefficient (Wildman–Crippen LogP) is 4.60. The Bertz CT molecular complexity index is 2180. The second kappa shape index (κ2) is 12.2. The summed E-state index contributed by atoms with van der Waals surface area (Å²) in [5.74, 6) is -0.349. The number of pyridine rings is 1. The van der Waals surface area contributed by atoms with Crippen LogP contribution in [0.1, 0.15) is 16.8 Å². The van der Waals surface area contributed by atoms with Crippen LogP contribution in [0.3, 0.4) is 0 Å². The van der Waals surface area contributed by atoms with Crippen LogP contribution in [0.4, 0.5) is 11.7 Å². The van der Waals surface area contributed by atoms with Gasteiger partial charge >= 0.3 is 6.01 Å². The van der Waals surface area contributed by atoms with Gasteiger partial charge in [-0.2, -0.15) is 5.26 Å². The number of sulfonamides is 1. The Kier molecular flexibility index (Phi) is 7.99. The van der Waals surface area contributed by atoms with E-state index in [4.69, 9.17) is 4.42 Å². The topological polar surface area (TPSA) is 159 Å². The minimum atomic E-state index is -3.72. The molecule has 0 aliphatic carbocycles. The van der Waals surface area contributed by atoms with Crippen LogP contribution in [0, 0.1) is 11.3 Å². The predicted molar refractivity (Wildman–Crippen MR) is 171 cm³/mol. The van der Waals surface area contributed by atoms with Gasteiger partial charge in [0.25, 0.3) is 5.89 Å². The zero-order valence-electron chi connectivity index (χ0n) is 24.4. The lowest BCUT2D eigenvalue weighted by Gasteiger charge is -2.15. The van der Waals surface area contributed by atoms with Crippen molar-refractivity contribution < 1.29 is 17.6 Å². The van der Waals surface area contributed by atoms with E-state index in [1.54, 1.807) is 67.5 Å². The van der Waals surface area contributed by atoms with Crippen molar-refractivity contribution in [3.63, 3.8) is 0 Å². The van der Waals surface area contributed by atoms with E-state index in [1.807, 2.05) is 41.0 Å². The molecular formula is C32H28N8O4S. The lowest BCUT2D eigenvalue weighted by molar-refractivity contribution is -0.116. The van der Waals surface area contributed by atoms with Crippen LogP contribution >= 0.6 is 0 Å². The zero-order valence-corrected chi connectivity index (χ0v) is 25.2. The fraction of sp³-hybridized carbons (Fsp3) is 0.156. The third-order valence-electron chi connectivity index (χ3n) is 6.96. The molecule has 0 fully saturated rings. The molecule has 6 aromatic rings. The van der Waals surface area contributed by atoms with Crippen LogP contribution in [0.2, 0.25) is 0 Å². The number of fused-ring (bicyclic) bond motifs is 2. The van der Waals surface area contributed by atoms with Crippen molar-refractivity contribution in [1.82, 2.24) is 24.6 Å². The molecule has 3 aromatic carbocycles. The normalized spacial score (nSPS) is 11.6. The summed E-state index contributed by atoms with van der Waals surface area (Å²) in [6.45, 7) is 0.359. The van der Waals surface area contributed by atoms with Crippen molar-refractivity contribution in [2.24, 2.45) is 0 Å². The molecule has 0 bridgehead atoms. The molecule has 0 saturated carbocycles. The molecule has 0 spiro atoms. The molecule has 0 aliphatic heterocycles. The molecule has 3 aromatic heterocycles. The first-order valence-corrected chi connectivity index (χ1v) is 15.6. The van der Waals surface area contributed by atoms with E-state index < -0.39 is 10.0 Å². The van der Waals surface area contributed by atoms with Crippen molar-refractivity contribution in [2.45, 2.75) is 12.3 Å². The largest absolute Gasteiger partial charge is 0.401 e. The molecule has 1 amide bonds. The van der Waals surface area contributed by atoms with E-state index in [-0.39, 0.29) is 42.3 Å². The number of hydrogen-bond donors (Lipinski definition) is 2. The first-order valence-electron chi connectivity index (χ1n) is 13.9. The summed E-state index contributed by atoms with van der Waals surface area (Å²) in [5, 5.41) is 22.8. The number of benzene rings is 3. The first kappa shape index (κ1) is 29.5. The Morgan fingerprint density at radius 2 is 1.76 bits per heavy atom. The molecule has 0 saturated heterocycles. The second-order valence-corrected chi connectivity index (χ2v) is 12.5. The van der Waals surface area contributed by atoms with Crippen LogP contribution < -0.4 is 10.0 Å². The van der Waals surface area contributed by atoms with Crippen LogP contribution in [0.15, 0.2) is 89.3 Å². The van der Waals surface area contributed by atoms with Crippen LogP contribution in [-0.4, -0.2) is 59.6 Å². The maximum atomic E-state index is 13.1. The summed E-state index contributed by atoms with van der Waals surface area (Å²) in [5.41, 5.74) is 3.10. The maximum absolute atomic E-state index is 13.1. The SMILES string of the molecule is CN(C)CC(=O)Nc1nnc(-c2cc3ccc(C#N)nc3n2Cc2cc(NS(=O)(=O)Cc3ccccc3)cc3ccccc23)o1. The highest BCUT2D eigenvalue weighted by atomic mass is 32.2. The molecule has 2 N–H and O–H groups in total. The summed E-state index contributed by atoms with van der Waals surface area (Å²) in [4.78, 5) is 18.5. The molecule has 6 rings (SSSR count). The lowest BCUT2D eigenvalue weighted by atomic mass is 10.0. The maximum Gasteiger partial charge on any atom is 0.322 e. The van der Waals surface area contributed by atoms with Crippen molar-refractivity contribution in [2.75, 3.05) is 30.7 Å². The molecule has 13 heteroatoms. The van der Waals surface area contributed by atoms with E-state index in [1.165, 1.54) is 0 Å². The van der Waals surface area contributed by atoms with E-state index in [0.29, 0.717) is 22.6 Å². The number of aromatic nitrogens is 4. The van der Waals surface area contributed by atoms with Gasteiger partial charge in [0.1, 0.15) is 23.1 Å². The van der Waals surface area contributed by atoms with Gasteiger partial charge in [-0.15, -0.1) is 5.10 Å². The third-order valence-corrected chi connectivity index (χ3v) is 8.22. The summed E-state index contributed by atoms with van der Waals surface area (Å²) in [7, 11) is -0.180. The molecule has 45 heavy (non-hydrogen) atoms. The Hall–Kier alpha value is -5.58. The zero-order chi connectivity index (χ0) is 31.6. The lowest BCUT2D eigenvalue weighted by Crippen LogP contribution is -2.27. The fourth-order valence-corrected chi connectivity index (χ4v) is 6.29. The molecule has 0 aliphatic rings. The fourth-order valence-electron chi connectivity index (χ4n) is 5.11. The van der Waals surface area contributed by atoms with Gasteiger partial charge in [0.05, 0.1) is 18.8 Å². The highest BCUT2D eigenvalue weighted by molar-refractivity contribution is 7.91. The van der Waals surface area contributed by atoms with Crippen LogP contribution in [0.25, 0.3) is 33.4 Å². The number of amides is 1. The average molecular weight is 621 g/mol. The van der Waals surface area contributed by atoms with Gasteiger partial charge in [0.15, 0.2) is 0 Å². The Labute approximate surface area is 259 Å². The number of likely N-dealkylation sites (N-methyl/N-ethyl adjacent to an activating group) is 1. The standard InChI is InChI=1S/C32H28N8O4S/c1-39(2)19-29(41)35-32-37-36-31(44-32)28-16-23-12-13-25(17-33)34-30(23)40(28)18-24-15-26(14-22-10-6-7-11-27(22)24)38-45(42,43)20-21-8-4-3-5-9-21/h3-16,38H,18-20H2,1-2H3,(H,35,37,41). The molecule has 3 heterocycles. The number of rotatable bonds is 10. The molecule has 0 unspecified atom stereocenters. The highest BCUT2D eigenvalue weighted by Crippen LogP contribution is 2.32. The van der Waals surface area contributed by atoms with Gasteiger partial charge in [0.2, 0.25) is 15.9 Å². The number of anilines is 2. The van der Waals surface area contributed by atoms with Crippen molar-refractivity contribution >= 4 is 49.4 Å². The Morgan fingerprint density at radius 1 is 0.978 bits per heavy atom. The summed E-state index contributed by atoms with van der Waals surface area (Å²) < 4.78 is 36.7. The molecule has 12 nitrogen and oxygen atoms in total. The number of hydrogen-bond acceptors (Lipinski definition) is 9. The van der Waals surface area contributed by atoms with E-state index >= 15 is 0 Å². The quantitative estimate of drug-likeness (QED) is 0.223. The molecule has 0 atom stereocenters. The van der Waals surface area contributed by atoms with Gasteiger partial charge in [-0.05, 0) is 66.3 Å². The summed E-state index contributed by atoms with van der Waals surface area (Å²) >= 11 is 0. The smallest absolute Gasteiger partial charge is 0.322 e. The average Bonchev–Trinajstić information content (AvgIpc) is 3.60. The van der Waals surface area contributed by atoms with Crippen LogP contribution in [-0.2, 0) is 27.1 Å². The highest BCUT2D eigenvalue weighted by Gasteiger charge is 2.21. The van der Waals surface area contributed by atoms with E-state index in [9.17, 15) is 18.5 Å². The molecular weight excluding hydrogens is 592 g/mol. The Morgan fingerprint density at radius 3 is 2.53 bits per heavy atom. The molecule has 0 radical (unpaired) electrons. The number of carbonyl (C=O) groups excluding carboxylic acids is 1. The number of carbonyl (C=O) groups is 1. The number of nitrogens with zero attached hydrogens (tertiary/aromatic N) is 6. The summed E-state index contributed by atoms with van der Waals surface area (Å²) in [6.07, 6.45) is 0. The van der Waals surface area contributed by atoms with Crippen molar-refractivity contribution in [1.29, 1.82) is 5.26 Å². The summed E-state index contributed by atoms with van der Waals surface area (Å²) in [6, 6.07) is 27.5. The van der Waals surface area contributed by atoms with Crippen molar-refractivity contribution in [3.8, 4) is 17.7 Å². The van der Waals surface area contributed by atoms with Gasteiger partial charge in [-0.3, -0.25) is 14.8 Å². The minimum absolute atomic E-state index is 0.0559. The van der Waals surface area contributed by atoms with Gasteiger partial charge in [0, 0.05) is 11.1 Å². The molecule has 226 valence electrons. The van der Waals surface area contributed by atoms with E-state index in [0.717, 1.165) is 21.7 Å². The monoisotopic (exact) mass is 620 g/mol. The van der Waals surface area contributed by atoms with Gasteiger partial charge < -0.3 is 13.9 Å². The van der Waals surface area contributed by atoms with Crippen molar-refractivity contribution in [3.05, 3.63) is 102 Å². The second-order valence-electron chi connectivity index (χ2n) is 10.7. The first-order chi connectivity index (χ1) is 21.7. The van der Waals surface area contributed by atoms with Crippen LogP contribution in [0.5, 0.6) is 0 Å². The van der Waals surface area contributed by atoms with Gasteiger partial charge in [-0.25, -0.2) is 13.4 Å². The van der Waals surface area contributed by atoms with Gasteiger partial charge in [-0.1, -0.05) is 59.7 Å². The van der Waals surface area contributed by atoms with E-state index in [2.05, 4.69) is 31.3 Å². The number of nitriles is 1. The third kappa shape index (κ3) is 6.67. The number of nitrogens with one attached hydrogen (secondary N) is 2.